The average Bonchev–Trinajstić information content (AvgIpc) is 2.89. The van der Waals surface area contributed by atoms with Crippen LogP contribution in [0, 0.1) is 6.92 Å². The van der Waals surface area contributed by atoms with E-state index in [2.05, 4.69) is 22.5 Å². The normalized spacial score (nSPS) is 10.5. The number of thiazole rings is 1. The third-order valence-electron chi connectivity index (χ3n) is 2.93. The topological polar surface area (TPSA) is 65.2 Å². The maximum absolute atomic E-state index is 11.0. The van der Waals surface area contributed by atoms with Gasteiger partial charge in [0.05, 0.1) is 17.2 Å². The predicted octanol–water partition coefficient (Wildman–Crippen LogP) is 2.24. The van der Waals surface area contributed by atoms with Crippen molar-refractivity contribution < 1.29 is 9.53 Å². The highest BCUT2D eigenvalue weighted by Crippen LogP contribution is 2.12. The van der Waals surface area contributed by atoms with Crippen molar-refractivity contribution in [3.8, 4) is 0 Å². The second-order valence-electron chi connectivity index (χ2n) is 4.54. The zero-order valence-corrected chi connectivity index (χ0v) is 12.3. The molecule has 0 atom stereocenters. The van der Waals surface area contributed by atoms with Crippen LogP contribution in [0.3, 0.4) is 0 Å². The van der Waals surface area contributed by atoms with Gasteiger partial charge in [-0.1, -0.05) is 24.3 Å². The number of ether oxygens (including phenoxy) is 1. The molecule has 0 spiro atoms. The molecule has 1 heterocycles. The first-order chi connectivity index (χ1) is 9.67. The molecule has 0 saturated heterocycles. The zero-order chi connectivity index (χ0) is 14.4. The van der Waals surface area contributed by atoms with Crippen molar-refractivity contribution in [2.75, 3.05) is 6.54 Å². The lowest BCUT2D eigenvalue weighted by atomic mass is 10.1. The summed E-state index contributed by atoms with van der Waals surface area (Å²) in [5.41, 5.74) is 8.55. The molecule has 5 heteroatoms. The highest BCUT2D eigenvalue weighted by Gasteiger charge is 2.02. The lowest BCUT2D eigenvalue weighted by molar-refractivity contribution is -0.143. The van der Waals surface area contributed by atoms with Crippen molar-refractivity contribution in [3.05, 3.63) is 51.5 Å². The lowest BCUT2D eigenvalue weighted by Gasteiger charge is -2.05. The van der Waals surface area contributed by atoms with Gasteiger partial charge in [-0.3, -0.25) is 4.79 Å². The number of hydrogen-bond donors (Lipinski definition) is 1. The first-order valence-corrected chi connectivity index (χ1v) is 7.40. The standard InChI is InChI=1S/C15H18N2O2S/c1-11-17-14(10-20-11)7-6-12-2-4-13(5-3-12)9-19-15(18)8-16/h2-5,10H,6-9,16H2,1H3. The Morgan fingerprint density at radius 2 is 1.95 bits per heavy atom. The predicted molar refractivity (Wildman–Crippen MR) is 79.6 cm³/mol. The summed E-state index contributed by atoms with van der Waals surface area (Å²) in [7, 11) is 0. The van der Waals surface area contributed by atoms with E-state index < -0.39 is 0 Å². The van der Waals surface area contributed by atoms with Gasteiger partial charge in [0, 0.05) is 5.38 Å². The van der Waals surface area contributed by atoms with Gasteiger partial charge in [0.25, 0.3) is 0 Å². The van der Waals surface area contributed by atoms with Crippen molar-refractivity contribution in [3.63, 3.8) is 0 Å². The molecule has 0 saturated carbocycles. The number of esters is 1. The highest BCUT2D eigenvalue weighted by atomic mass is 32.1. The third-order valence-corrected chi connectivity index (χ3v) is 3.75. The smallest absolute Gasteiger partial charge is 0.320 e. The Morgan fingerprint density at radius 3 is 2.55 bits per heavy atom. The van der Waals surface area contributed by atoms with E-state index in [1.807, 2.05) is 19.1 Å². The molecule has 0 amide bonds. The van der Waals surface area contributed by atoms with Crippen LogP contribution in [0.1, 0.15) is 21.8 Å². The van der Waals surface area contributed by atoms with Crippen molar-refractivity contribution in [1.29, 1.82) is 0 Å². The van der Waals surface area contributed by atoms with E-state index in [0.717, 1.165) is 29.1 Å². The van der Waals surface area contributed by atoms with Gasteiger partial charge < -0.3 is 10.5 Å². The van der Waals surface area contributed by atoms with Gasteiger partial charge in [0.1, 0.15) is 6.61 Å². The molecule has 20 heavy (non-hydrogen) atoms. The Morgan fingerprint density at radius 1 is 1.25 bits per heavy atom. The molecule has 0 radical (unpaired) electrons. The number of aromatic nitrogens is 1. The van der Waals surface area contributed by atoms with Gasteiger partial charge >= 0.3 is 5.97 Å². The van der Waals surface area contributed by atoms with Crippen LogP contribution < -0.4 is 5.73 Å². The molecule has 0 unspecified atom stereocenters. The zero-order valence-electron chi connectivity index (χ0n) is 11.5. The summed E-state index contributed by atoms with van der Waals surface area (Å²) in [5.74, 6) is -0.382. The number of carbonyl (C=O) groups is 1. The number of rotatable bonds is 6. The summed E-state index contributed by atoms with van der Waals surface area (Å²) in [6.45, 7) is 2.22. The van der Waals surface area contributed by atoms with Crippen molar-refractivity contribution in [2.45, 2.75) is 26.4 Å². The number of nitrogens with two attached hydrogens (primary N) is 1. The molecule has 4 nitrogen and oxygen atoms in total. The number of benzene rings is 1. The quantitative estimate of drug-likeness (QED) is 0.829. The van der Waals surface area contributed by atoms with E-state index in [0.29, 0.717) is 0 Å². The molecule has 0 fully saturated rings. The Balaban J connectivity index is 1.83. The summed E-state index contributed by atoms with van der Waals surface area (Å²) < 4.78 is 4.98. The van der Waals surface area contributed by atoms with Crippen LogP contribution in [0.4, 0.5) is 0 Å². The summed E-state index contributed by atoms with van der Waals surface area (Å²) in [4.78, 5) is 15.4. The Labute approximate surface area is 122 Å². The summed E-state index contributed by atoms with van der Waals surface area (Å²) in [6.07, 6.45) is 1.91. The fourth-order valence-corrected chi connectivity index (χ4v) is 2.47. The van der Waals surface area contributed by atoms with E-state index in [4.69, 9.17) is 10.5 Å². The van der Waals surface area contributed by atoms with Crippen LogP contribution in [0.15, 0.2) is 29.6 Å². The van der Waals surface area contributed by atoms with Gasteiger partial charge in [-0.2, -0.15) is 0 Å². The van der Waals surface area contributed by atoms with Crippen molar-refractivity contribution in [2.24, 2.45) is 5.73 Å². The molecule has 2 N–H and O–H groups in total. The molecule has 0 bridgehead atoms. The number of carbonyl (C=O) groups excluding carboxylic acids is 1. The molecule has 0 aliphatic heterocycles. The lowest BCUT2D eigenvalue weighted by Crippen LogP contribution is -2.16. The van der Waals surface area contributed by atoms with Gasteiger partial charge in [-0.05, 0) is 30.9 Å². The van der Waals surface area contributed by atoms with Gasteiger partial charge in [0.15, 0.2) is 0 Å². The minimum Gasteiger partial charge on any atom is -0.460 e. The molecule has 106 valence electrons. The van der Waals surface area contributed by atoms with E-state index in [1.54, 1.807) is 11.3 Å². The van der Waals surface area contributed by atoms with Gasteiger partial charge in [-0.25, -0.2) is 4.98 Å². The maximum atomic E-state index is 11.0. The second-order valence-corrected chi connectivity index (χ2v) is 5.60. The van der Waals surface area contributed by atoms with Crippen LogP contribution in [-0.2, 0) is 29.0 Å². The third kappa shape index (κ3) is 4.43. The fraction of sp³-hybridized carbons (Fsp3) is 0.333. The van der Waals surface area contributed by atoms with Crippen LogP contribution in [0.25, 0.3) is 0 Å². The summed E-state index contributed by atoms with van der Waals surface area (Å²) in [5, 5.41) is 3.22. The maximum Gasteiger partial charge on any atom is 0.320 e. The van der Waals surface area contributed by atoms with E-state index in [-0.39, 0.29) is 19.1 Å². The SMILES string of the molecule is Cc1nc(CCc2ccc(COC(=O)CN)cc2)cs1. The monoisotopic (exact) mass is 290 g/mol. The minimum atomic E-state index is -0.382. The average molecular weight is 290 g/mol. The largest absolute Gasteiger partial charge is 0.460 e. The van der Waals surface area contributed by atoms with Crippen LogP contribution >= 0.6 is 11.3 Å². The van der Waals surface area contributed by atoms with Crippen LogP contribution in [0.2, 0.25) is 0 Å². The summed E-state index contributed by atoms with van der Waals surface area (Å²) >= 11 is 1.68. The van der Waals surface area contributed by atoms with E-state index >= 15 is 0 Å². The molecular formula is C15H18N2O2S. The number of hydrogen-bond acceptors (Lipinski definition) is 5. The van der Waals surface area contributed by atoms with Crippen molar-refractivity contribution >= 4 is 17.3 Å². The molecular weight excluding hydrogens is 272 g/mol. The first-order valence-electron chi connectivity index (χ1n) is 6.52. The van der Waals surface area contributed by atoms with Crippen LogP contribution in [0.5, 0.6) is 0 Å². The summed E-state index contributed by atoms with van der Waals surface area (Å²) in [6, 6.07) is 8.08. The molecule has 2 rings (SSSR count). The Hall–Kier alpha value is -1.72. The molecule has 1 aromatic heterocycles. The molecule has 1 aromatic carbocycles. The minimum absolute atomic E-state index is 0.0782. The second kappa shape index (κ2) is 7.17. The highest BCUT2D eigenvalue weighted by molar-refractivity contribution is 7.09. The van der Waals surface area contributed by atoms with E-state index in [9.17, 15) is 4.79 Å². The first kappa shape index (κ1) is 14.7. The number of nitrogens with zero attached hydrogens (tertiary/aromatic N) is 1. The fourth-order valence-electron chi connectivity index (χ4n) is 1.82. The van der Waals surface area contributed by atoms with Crippen molar-refractivity contribution in [1.82, 2.24) is 4.98 Å². The van der Waals surface area contributed by atoms with Gasteiger partial charge in [-0.15, -0.1) is 11.3 Å². The molecule has 0 aliphatic rings. The van der Waals surface area contributed by atoms with Crippen LogP contribution in [-0.4, -0.2) is 17.5 Å². The Bertz CT molecular complexity index is 564. The molecule has 0 aliphatic carbocycles. The molecule has 2 aromatic rings. The van der Waals surface area contributed by atoms with E-state index in [1.165, 1.54) is 5.56 Å². The van der Waals surface area contributed by atoms with Gasteiger partial charge in [0.2, 0.25) is 0 Å². The number of aryl methyl sites for hydroxylation is 3. The Kier molecular flexibility index (Phi) is 5.26.